The van der Waals surface area contributed by atoms with Crippen LogP contribution in [0.2, 0.25) is 0 Å². The summed E-state index contributed by atoms with van der Waals surface area (Å²) in [5.74, 6) is -1.47. The molecule has 0 atom stereocenters. The van der Waals surface area contributed by atoms with Crippen molar-refractivity contribution in [3.63, 3.8) is 0 Å². The highest BCUT2D eigenvalue weighted by atomic mass is 19.4. The van der Waals surface area contributed by atoms with E-state index in [4.69, 9.17) is 5.11 Å². The number of hydrogen-bond donors (Lipinski definition) is 1. The molecule has 0 aliphatic carbocycles. The summed E-state index contributed by atoms with van der Waals surface area (Å²) in [4.78, 5) is 28.5. The predicted octanol–water partition coefficient (Wildman–Crippen LogP) is 2.47. The van der Waals surface area contributed by atoms with Gasteiger partial charge in [-0.15, -0.1) is 0 Å². The summed E-state index contributed by atoms with van der Waals surface area (Å²) in [5.41, 5.74) is -0.813. The summed E-state index contributed by atoms with van der Waals surface area (Å²) in [5, 5.41) is 12.4. The first kappa shape index (κ1) is 17.9. The van der Waals surface area contributed by atoms with E-state index in [0.717, 1.165) is 6.07 Å². The number of hydrogen-bond acceptors (Lipinski definition) is 4. The van der Waals surface area contributed by atoms with Gasteiger partial charge in [-0.25, -0.2) is 9.78 Å². The second-order valence-corrected chi connectivity index (χ2v) is 5.94. The monoisotopic (exact) mass is 368 g/mol. The largest absolute Gasteiger partial charge is 0.477 e. The lowest BCUT2D eigenvalue weighted by Crippen LogP contribution is -2.39. The predicted molar refractivity (Wildman–Crippen MR) is 82.6 cm³/mol. The molecule has 7 nitrogen and oxygen atoms in total. The SMILES string of the molecule is O=C(O)c1ccc(C(=O)N2CCC(n3ccc(C(F)(F)F)n3)CC2)cn1. The molecule has 26 heavy (non-hydrogen) atoms. The topological polar surface area (TPSA) is 88.3 Å². The van der Waals surface area contributed by atoms with Gasteiger partial charge in [0.05, 0.1) is 11.6 Å². The van der Waals surface area contributed by atoms with E-state index in [1.807, 2.05) is 0 Å². The molecule has 1 N–H and O–H groups in total. The number of carboxylic acids is 1. The second-order valence-electron chi connectivity index (χ2n) is 5.94. The van der Waals surface area contributed by atoms with Gasteiger partial charge in [0.2, 0.25) is 0 Å². The first-order valence-corrected chi connectivity index (χ1v) is 7.86. The van der Waals surface area contributed by atoms with Crippen LogP contribution in [-0.4, -0.2) is 49.7 Å². The number of carbonyl (C=O) groups is 2. The fraction of sp³-hybridized carbons (Fsp3) is 0.375. The molecule has 10 heteroatoms. The zero-order valence-electron chi connectivity index (χ0n) is 13.5. The minimum Gasteiger partial charge on any atom is -0.477 e. The van der Waals surface area contributed by atoms with E-state index in [2.05, 4.69) is 10.1 Å². The Hall–Kier alpha value is -2.91. The summed E-state index contributed by atoms with van der Waals surface area (Å²) in [6.07, 6.45) is -1.01. The Morgan fingerprint density at radius 1 is 1.15 bits per heavy atom. The van der Waals surface area contributed by atoms with E-state index >= 15 is 0 Å². The van der Waals surface area contributed by atoms with E-state index in [1.54, 1.807) is 4.90 Å². The molecular formula is C16H15F3N4O3. The van der Waals surface area contributed by atoms with E-state index < -0.39 is 17.8 Å². The molecule has 1 saturated heterocycles. The minimum absolute atomic E-state index is 0.153. The van der Waals surface area contributed by atoms with Crippen molar-refractivity contribution in [2.45, 2.75) is 25.1 Å². The van der Waals surface area contributed by atoms with Crippen LogP contribution < -0.4 is 0 Å². The normalized spacial score (nSPS) is 15.9. The maximum atomic E-state index is 12.6. The van der Waals surface area contributed by atoms with Crippen molar-refractivity contribution in [1.82, 2.24) is 19.7 Å². The molecule has 0 radical (unpaired) electrons. The molecule has 2 aromatic rings. The lowest BCUT2D eigenvalue weighted by Gasteiger charge is -2.32. The van der Waals surface area contributed by atoms with E-state index in [9.17, 15) is 22.8 Å². The number of halogens is 3. The lowest BCUT2D eigenvalue weighted by atomic mass is 10.0. The quantitative estimate of drug-likeness (QED) is 0.899. The third kappa shape index (κ3) is 3.68. The van der Waals surface area contributed by atoms with Crippen molar-refractivity contribution >= 4 is 11.9 Å². The first-order chi connectivity index (χ1) is 12.3. The van der Waals surface area contributed by atoms with Gasteiger partial charge in [-0.3, -0.25) is 9.48 Å². The Balaban J connectivity index is 1.62. The molecule has 3 rings (SSSR count). The summed E-state index contributed by atoms with van der Waals surface area (Å²) < 4.78 is 39.2. The van der Waals surface area contributed by atoms with Gasteiger partial charge in [-0.05, 0) is 31.0 Å². The smallest absolute Gasteiger partial charge is 0.435 e. The number of alkyl halides is 3. The molecule has 3 heterocycles. The van der Waals surface area contributed by atoms with Crippen LogP contribution in [0.25, 0.3) is 0 Å². The Kier molecular flexibility index (Phi) is 4.66. The van der Waals surface area contributed by atoms with Gasteiger partial charge in [-0.1, -0.05) is 0 Å². The number of aromatic carboxylic acids is 1. The van der Waals surface area contributed by atoms with Crippen LogP contribution in [0.5, 0.6) is 0 Å². The number of nitrogens with zero attached hydrogens (tertiary/aromatic N) is 4. The summed E-state index contributed by atoms with van der Waals surface area (Å²) >= 11 is 0. The van der Waals surface area contributed by atoms with Crippen molar-refractivity contribution in [2.75, 3.05) is 13.1 Å². The third-order valence-electron chi connectivity index (χ3n) is 4.25. The standard InChI is InChI=1S/C16H15F3N4O3/c17-16(18,19)13-5-8-23(21-13)11-3-6-22(7-4-11)14(24)10-1-2-12(15(25)26)20-9-10/h1-2,5,8-9,11H,3-4,6-7H2,(H,25,26). The Morgan fingerprint density at radius 2 is 1.85 bits per heavy atom. The molecule has 0 unspecified atom stereocenters. The summed E-state index contributed by atoms with van der Waals surface area (Å²) in [7, 11) is 0. The van der Waals surface area contributed by atoms with Crippen LogP contribution >= 0.6 is 0 Å². The van der Waals surface area contributed by atoms with Gasteiger partial charge in [0.25, 0.3) is 5.91 Å². The van der Waals surface area contributed by atoms with Gasteiger partial charge in [0.15, 0.2) is 5.69 Å². The maximum Gasteiger partial charge on any atom is 0.435 e. The van der Waals surface area contributed by atoms with Gasteiger partial charge in [0.1, 0.15) is 5.69 Å². The zero-order valence-corrected chi connectivity index (χ0v) is 13.5. The molecule has 0 spiro atoms. The van der Waals surface area contributed by atoms with Gasteiger partial charge < -0.3 is 10.0 Å². The highest BCUT2D eigenvalue weighted by molar-refractivity contribution is 5.95. The molecule has 1 aliphatic rings. The number of carbonyl (C=O) groups excluding carboxylic acids is 1. The summed E-state index contributed by atoms with van der Waals surface area (Å²) in [6, 6.07) is 3.38. The fourth-order valence-corrected chi connectivity index (χ4v) is 2.86. The number of likely N-dealkylation sites (tertiary alicyclic amines) is 1. The molecule has 1 aliphatic heterocycles. The van der Waals surface area contributed by atoms with Crippen LogP contribution in [0.3, 0.4) is 0 Å². The van der Waals surface area contributed by atoms with Crippen molar-refractivity contribution in [2.24, 2.45) is 0 Å². The van der Waals surface area contributed by atoms with Gasteiger partial charge >= 0.3 is 12.1 Å². The molecule has 2 aromatic heterocycles. The highest BCUT2D eigenvalue weighted by Crippen LogP contribution is 2.29. The van der Waals surface area contributed by atoms with Crippen LogP contribution in [0.4, 0.5) is 13.2 Å². The highest BCUT2D eigenvalue weighted by Gasteiger charge is 2.34. The molecule has 0 saturated carbocycles. The number of amides is 1. The van der Waals surface area contributed by atoms with Crippen molar-refractivity contribution < 1.29 is 27.9 Å². The Morgan fingerprint density at radius 3 is 2.35 bits per heavy atom. The molecule has 0 bridgehead atoms. The average molecular weight is 368 g/mol. The van der Waals surface area contributed by atoms with Crippen molar-refractivity contribution in [1.29, 1.82) is 0 Å². The van der Waals surface area contributed by atoms with Crippen molar-refractivity contribution in [3.8, 4) is 0 Å². The molecule has 0 aromatic carbocycles. The molecule has 1 amide bonds. The molecular weight excluding hydrogens is 353 g/mol. The second kappa shape index (κ2) is 6.77. The first-order valence-electron chi connectivity index (χ1n) is 7.86. The van der Waals surface area contributed by atoms with Gasteiger partial charge in [-0.2, -0.15) is 18.3 Å². The number of rotatable bonds is 3. The average Bonchev–Trinajstić information content (AvgIpc) is 3.12. The molecule has 1 fully saturated rings. The fourth-order valence-electron chi connectivity index (χ4n) is 2.86. The van der Waals surface area contributed by atoms with Crippen LogP contribution in [-0.2, 0) is 6.18 Å². The van der Waals surface area contributed by atoms with E-state index in [-0.39, 0.29) is 23.2 Å². The maximum absolute atomic E-state index is 12.6. The Labute approximate surface area is 146 Å². The minimum atomic E-state index is -4.48. The van der Waals surface area contributed by atoms with Gasteiger partial charge in [0, 0.05) is 25.5 Å². The number of carboxylic acid groups (broad SMARTS) is 1. The Bertz CT molecular complexity index is 809. The van der Waals surface area contributed by atoms with Crippen molar-refractivity contribution in [3.05, 3.63) is 47.5 Å². The number of pyridine rings is 1. The number of aromatic nitrogens is 3. The summed E-state index contributed by atoms with van der Waals surface area (Å²) in [6.45, 7) is 0.733. The lowest BCUT2D eigenvalue weighted by molar-refractivity contribution is -0.141. The number of piperidine rings is 1. The van der Waals surface area contributed by atoms with Crippen LogP contribution in [0.15, 0.2) is 30.6 Å². The van der Waals surface area contributed by atoms with Crippen LogP contribution in [0.1, 0.15) is 45.4 Å². The zero-order chi connectivity index (χ0) is 18.9. The van der Waals surface area contributed by atoms with Crippen LogP contribution in [0, 0.1) is 0 Å². The van der Waals surface area contributed by atoms with E-state index in [1.165, 1.54) is 29.2 Å². The molecule has 138 valence electrons. The van der Waals surface area contributed by atoms with E-state index in [0.29, 0.717) is 25.9 Å². The third-order valence-corrected chi connectivity index (χ3v) is 4.25.